The molecular formula is C22H30N2. The number of rotatable bonds is 6. The maximum Gasteiger partial charge on any atom is 0.0857 e. The monoisotopic (exact) mass is 322 g/mol. The third kappa shape index (κ3) is 4.31. The Morgan fingerprint density at radius 3 is 1.12 bits per heavy atom. The Balaban J connectivity index is 2.11. The lowest BCUT2D eigenvalue weighted by Gasteiger charge is -2.23. The first-order chi connectivity index (χ1) is 11.3. The van der Waals surface area contributed by atoms with E-state index in [9.17, 15) is 0 Å². The second kappa shape index (κ2) is 7.29. The Bertz CT molecular complexity index is 615. The smallest absolute Gasteiger partial charge is 0.0857 e. The standard InChI is InChI=1S/C22H30N2/c1-7-21(3,4)17-9-13-19(14-10-17)23-24-20-15-11-18(12-16-20)22(5,6)8-2/h9-16H,7-8H2,1-6H3. The molecule has 0 unspecified atom stereocenters. The zero-order valence-electron chi connectivity index (χ0n) is 15.9. The van der Waals surface area contributed by atoms with Gasteiger partial charge in [0, 0.05) is 0 Å². The van der Waals surface area contributed by atoms with Crippen LogP contribution in [0.1, 0.15) is 65.5 Å². The van der Waals surface area contributed by atoms with E-state index in [1.54, 1.807) is 0 Å². The summed E-state index contributed by atoms with van der Waals surface area (Å²) in [6.07, 6.45) is 2.24. The van der Waals surface area contributed by atoms with Crippen LogP contribution in [-0.4, -0.2) is 0 Å². The van der Waals surface area contributed by atoms with E-state index in [4.69, 9.17) is 0 Å². The molecule has 0 aromatic heterocycles. The Morgan fingerprint density at radius 1 is 0.583 bits per heavy atom. The van der Waals surface area contributed by atoms with E-state index in [-0.39, 0.29) is 10.8 Å². The van der Waals surface area contributed by atoms with Crippen molar-refractivity contribution in [2.24, 2.45) is 10.2 Å². The lowest BCUT2D eigenvalue weighted by atomic mass is 9.82. The first-order valence-electron chi connectivity index (χ1n) is 8.91. The predicted octanol–water partition coefficient (Wildman–Crippen LogP) is 7.48. The summed E-state index contributed by atoms with van der Waals surface area (Å²) in [5.41, 5.74) is 4.88. The van der Waals surface area contributed by atoms with Crippen molar-refractivity contribution in [3.05, 3.63) is 59.7 Å². The van der Waals surface area contributed by atoms with Gasteiger partial charge in [0.15, 0.2) is 0 Å². The van der Waals surface area contributed by atoms with Crippen LogP contribution in [0.15, 0.2) is 58.8 Å². The quantitative estimate of drug-likeness (QED) is 0.492. The van der Waals surface area contributed by atoms with E-state index in [1.807, 2.05) is 24.3 Å². The van der Waals surface area contributed by atoms with Gasteiger partial charge in [-0.2, -0.15) is 10.2 Å². The van der Waals surface area contributed by atoms with Crippen LogP contribution in [0.5, 0.6) is 0 Å². The number of nitrogens with zero attached hydrogens (tertiary/aromatic N) is 2. The van der Waals surface area contributed by atoms with Gasteiger partial charge < -0.3 is 0 Å². The highest BCUT2D eigenvalue weighted by molar-refractivity contribution is 5.43. The van der Waals surface area contributed by atoms with Crippen LogP contribution in [0.2, 0.25) is 0 Å². The van der Waals surface area contributed by atoms with Gasteiger partial charge in [0.25, 0.3) is 0 Å². The van der Waals surface area contributed by atoms with Crippen LogP contribution < -0.4 is 0 Å². The molecule has 0 saturated heterocycles. The van der Waals surface area contributed by atoms with Crippen LogP contribution in [0.4, 0.5) is 11.4 Å². The molecule has 2 aromatic rings. The molecule has 0 aliphatic heterocycles. The average molecular weight is 322 g/mol. The largest absolute Gasteiger partial charge is 0.151 e. The summed E-state index contributed by atoms with van der Waals surface area (Å²) in [6, 6.07) is 16.8. The molecule has 2 aromatic carbocycles. The zero-order valence-corrected chi connectivity index (χ0v) is 15.9. The number of azo groups is 1. The summed E-state index contributed by atoms with van der Waals surface area (Å²) in [7, 11) is 0. The Labute approximate surface area is 147 Å². The van der Waals surface area contributed by atoms with Crippen molar-refractivity contribution < 1.29 is 0 Å². The van der Waals surface area contributed by atoms with E-state index in [1.165, 1.54) is 11.1 Å². The molecule has 128 valence electrons. The van der Waals surface area contributed by atoms with Crippen molar-refractivity contribution in [2.75, 3.05) is 0 Å². The molecule has 0 spiro atoms. The SMILES string of the molecule is CCC(C)(C)c1ccc(N=Nc2ccc(C(C)(C)CC)cc2)cc1. The van der Waals surface area contributed by atoms with Gasteiger partial charge >= 0.3 is 0 Å². The molecule has 0 N–H and O–H groups in total. The van der Waals surface area contributed by atoms with Crippen molar-refractivity contribution in [3.8, 4) is 0 Å². The molecule has 0 bridgehead atoms. The van der Waals surface area contributed by atoms with E-state index in [2.05, 4.69) is 76.0 Å². The van der Waals surface area contributed by atoms with E-state index >= 15 is 0 Å². The van der Waals surface area contributed by atoms with E-state index in [0.717, 1.165) is 24.2 Å². The van der Waals surface area contributed by atoms with Crippen molar-refractivity contribution in [1.82, 2.24) is 0 Å². The fourth-order valence-corrected chi connectivity index (χ4v) is 2.48. The highest BCUT2D eigenvalue weighted by Gasteiger charge is 2.18. The van der Waals surface area contributed by atoms with Gasteiger partial charge in [0.1, 0.15) is 0 Å². The van der Waals surface area contributed by atoms with Crippen molar-refractivity contribution in [3.63, 3.8) is 0 Å². The lowest BCUT2D eigenvalue weighted by Crippen LogP contribution is -2.14. The molecule has 0 radical (unpaired) electrons. The first-order valence-corrected chi connectivity index (χ1v) is 8.91. The van der Waals surface area contributed by atoms with Gasteiger partial charge in [0.2, 0.25) is 0 Å². The summed E-state index contributed by atoms with van der Waals surface area (Å²) < 4.78 is 0. The summed E-state index contributed by atoms with van der Waals surface area (Å²) >= 11 is 0. The minimum absolute atomic E-state index is 0.206. The van der Waals surface area contributed by atoms with Crippen LogP contribution in [0.25, 0.3) is 0 Å². The van der Waals surface area contributed by atoms with Crippen LogP contribution in [-0.2, 0) is 10.8 Å². The maximum absolute atomic E-state index is 4.36. The second-order valence-electron chi connectivity index (χ2n) is 7.77. The van der Waals surface area contributed by atoms with Crippen LogP contribution >= 0.6 is 0 Å². The van der Waals surface area contributed by atoms with Gasteiger partial charge in [-0.25, -0.2) is 0 Å². The second-order valence-corrected chi connectivity index (χ2v) is 7.77. The first kappa shape index (κ1) is 18.4. The molecule has 2 nitrogen and oxygen atoms in total. The van der Waals surface area contributed by atoms with Gasteiger partial charge in [-0.1, -0.05) is 65.8 Å². The fraction of sp³-hybridized carbons (Fsp3) is 0.455. The topological polar surface area (TPSA) is 24.7 Å². The summed E-state index contributed by atoms with van der Waals surface area (Å²) in [4.78, 5) is 0. The Kier molecular flexibility index (Phi) is 5.58. The lowest BCUT2D eigenvalue weighted by molar-refractivity contribution is 0.506. The molecule has 0 aliphatic carbocycles. The third-order valence-electron chi connectivity index (χ3n) is 5.35. The van der Waals surface area contributed by atoms with E-state index < -0.39 is 0 Å². The van der Waals surface area contributed by atoms with Gasteiger partial charge in [0.05, 0.1) is 11.4 Å². The number of hydrogen-bond acceptors (Lipinski definition) is 2. The molecule has 0 aliphatic rings. The minimum atomic E-state index is 0.206. The molecule has 0 fully saturated rings. The fourth-order valence-electron chi connectivity index (χ4n) is 2.48. The van der Waals surface area contributed by atoms with E-state index in [0.29, 0.717) is 0 Å². The normalized spacial score (nSPS) is 12.8. The highest BCUT2D eigenvalue weighted by Crippen LogP contribution is 2.30. The average Bonchev–Trinajstić information content (AvgIpc) is 2.60. The molecule has 2 heteroatoms. The molecule has 24 heavy (non-hydrogen) atoms. The molecule has 0 saturated carbocycles. The minimum Gasteiger partial charge on any atom is -0.151 e. The van der Waals surface area contributed by atoms with Crippen molar-refractivity contribution in [2.45, 2.75) is 65.2 Å². The molecule has 0 amide bonds. The molecule has 0 heterocycles. The highest BCUT2D eigenvalue weighted by atomic mass is 15.1. The van der Waals surface area contributed by atoms with Crippen molar-refractivity contribution in [1.29, 1.82) is 0 Å². The Morgan fingerprint density at radius 2 is 0.875 bits per heavy atom. The molecule has 0 atom stereocenters. The summed E-state index contributed by atoms with van der Waals surface area (Å²) in [5.74, 6) is 0. The Hall–Kier alpha value is -1.96. The van der Waals surface area contributed by atoms with Crippen LogP contribution in [0.3, 0.4) is 0 Å². The molecule has 2 rings (SSSR count). The summed E-state index contributed by atoms with van der Waals surface area (Å²) in [6.45, 7) is 13.5. The number of benzene rings is 2. The maximum atomic E-state index is 4.36. The number of hydrogen-bond donors (Lipinski definition) is 0. The van der Waals surface area contributed by atoms with Gasteiger partial charge in [-0.15, -0.1) is 0 Å². The van der Waals surface area contributed by atoms with Gasteiger partial charge in [-0.3, -0.25) is 0 Å². The van der Waals surface area contributed by atoms with Crippen LogP contribution in [0, 0.1) is 0 Å². The van der Waals surface area contributed by atoms with Gasteiger partial charge in [-0.05, 0) is 59.1 Å². The van der Waals surface area contributed by atoms with Crippen molar-refractivity contribution >= 4 is 11.4 Å². The summed E-state index contributed by atoms with van der Waals surface area (Å²) in [5, 5.41) is 8.72. The third-order valence-corrected chi connectivity index (χ3v) is 5.35. The predicted molar refractivity (Wildman–Crippen MR) is 104 cm³/mol. The zero-order chi connectivity index (χ0) is 17.8. The molecular weight excluding hydrogens is 292 g/mol.